The van der Waals surface area contributed by atoms with Gasteiger partial charge in [0.05, 0.1) is 14.2 Å². The number of rotatable bonds is 6. The van der Waals surface area contributed by atoms with E-state index in [4.69, 9.17) is 9.47 Å². The average molecular weight is 350 g/mol. The summed E-state index contributed by atoms with van der Waals surface area (Å²) in [5.41, 5.74) is 2.44. The summed E-state index contributed by atoms with van der Waals surface area (Å²) in [6.07, 6.45) is 0. The van der Waals surface area contributed by atoms with Gasteiger partial charge in [-0.15, -0.1) is 0 Å². The largest absolute Gasteiger partial charge is 0.497 e. The van der Waals surface area contributed by atoms with E-state index in [-0.39, 0.29) is 0 Å². The van der Waals surface area contributed by atoms with E-state index in [1.54, 1.807) is 14.2 Å². The van der Waals surface area contributed by atoms with E-state index in [1.807, 2.05) is 24.3 Å². The predicted molar refractivity (Wildman–Crippen MR) is 88.9 cm³/mol. The van der Waals surface area contributed by atoms with Crippen molar-refractivity contribution in [1.82, 2.24) is 4.90 Å². The number of methoxy groups -OCH3 is 2. The molecule has 0 spiro atoms. The van der Waals surface area contributed by atoms with E-state index in [9.17, 15) is 0 Å². The summed E-state index contributed by atoms with van der Waals surface area (Å²) in [6, 6.07) is 14.2. The van der Waals surface area contributed by atoms with Crippen molar-refractivity contribution in [3.05, 3.63) is 58.1 Å². The molecule has 0 saturated carbocycles. The second-order valence-corrected chi connectivity index (χ2v) is 5.84. The van der Waals surface area contributed by atoms with Crippen molar-refractivity contribution in [3.63, 3.8) is 0 Å². The fourth-order valence-corrected chi connectivity index (χ4v) is 2.60. The first-order chi connectivity index (χ1) is 10.1. The number of nitrogens with zero attached hydrogens (tertiary/aromatic N) is 1. The Morgan fingerprint density at radius 2 is 1.67 bits per heavy atom. The third-order valence-electron chi connectivity index (χ3n) is 3.28. The van der Waals surface area contributed by atoms with Crippen LogP contribution in [0.2, 0.25) is 0 Å². The molecule has 0 amide bonds. The zero-order chi connectivity index (χ0) is 15.2. The zero-order valence-electron chi connectivity index (χ0n) is 12.6. The quantitative estimate of drug-likeness (QED) is 0.783. The van der Waals surface area contributed by atoms with Gasteiger partial charge in [-0.05, 0) is 48.5 Å². The molecule has 0 bridgehead atoms. The third kappa shape index (κ3) is 4.48. The molecule has 0 unspecified atom stereocenters. The van der Waals surface area contributed by atoms with Crippen LogP contribution in [0.3, 0.4) is 0 Å². The zero-order valence-corrected chi connectivity index (χ0v) is 14.2. The highest BCUT2D eigenvalue weighted by atomic mass is 79.9. The van der Waals surface area contributed by atoms with E-state index in [1.165, 1.54) is 11.1 Å². The Hall–Kier alpha value is -1.52. The Kier molecular flexibility index (Phi) is 5.65. The summed E-state index contributed by atoms with van der Waals surface area (Å²) in [6.45, 7) is 1.70. The van der Waals surface area contributed by atoms with E-state index in [0.717, 1.165) is 29.1 Å². The number of ether oxygens (including phenoxy) is 2. The van der Waals surface area contributed by atoms with Crippen molar-refractivity contribution < 1.29 is 9.47 Å². The topological polar surface area (TPSA) is 21.7 Å². The first-order valence-corrected chi connectivity index (χ1v) is 7.55. The van der Waals surface area contributed by atoms with Gasteiger partial charge in [-0.25, -0.2) is 0 Å². The number of halogens is 1. The summed E-state index contributed by atoms with van der Waals surface area (Å²) < 4.78 is 11.6. The summed E-state index contributed by atoms with van der Waals surface area (Å²) in [5.74, 6) is 1.77. The normalized spacial score (nSPS) is 10.7. The third-order valence-corrected chi connectivity index (χ3v) is 4.05. The Balaban J connectivity index is 2.05. The van der Waals surface area contributed by atoms with Crippen LogP contribution in [-0.2, 0) is 13.1 Å². The SMILES string of the molecule is COc1cccc(CN(C)Cc2cc(OC)ccc2Br)c1. The standard InChI is InChI=1S/C17H20BrNO2/c1-19(11-13-5-4-6-15(9-13)20-2)12-14-10-16(21-3)7-8-17(14)18/h4-10H,11-12H2,1-3H3. The second kappa shape index (κ2) is 7.48. The molecular formula is C17H20BrNO2. The molecule has 4 heteroatoms. The van der Waals surface area contributed by atoms with Gasteiger partial charge < -0.3 is 9.47 Å². The highest BCUT2D eigenvalue weighted by Gasteiger charge is 2.07. The monoisotopic (exact) mass is 349 g/mol. The fraction of sp³-hybridized carbons (Fsp3) is 0.294. The van der Waals surface area contributed by atoms with Gasteiger partial charge in [-0.3, -0.25) is 4.90 Å². The summed E-state index contributed by atoms with van der Waals surface area (Å²) in [7, 11) is 5.48. The maximum Gasteiger partial charge on any atom is 0.119 e. The highest BCUT2D eigenvalue weighted by molar-refractivity contribution is 9.10. The molecule has 2 aromatic carbocycles. The number of hydrogen-bond donors (Lipinski definition) is 0. The van der Waals surface area contributed by atoms with Crippen LogP contribution in [0.25, 0.3) is 0 Å². The maximum absolute atomic E-state index is 5.28. The minimum atomic E-state index is 0.842. The molecule has 0 radical (unpaired) electrons. The molecule has 0 aliphatic carbocycles. The molecular weight excluding hydrogens is 330 g/mol. The lowest BCUT2D eigenvalue weighted by Crippen LogP contribution is -2.17. The van der Waals surface area contributed by atoms with Gasteiger partial charge in [0.25, 0.3) is 0 Å². The Labute approximate surface area is 134 Å². The van der Waals surface area contributed by atoms with Gasteiger partial charge in [0.2, 0.25) is 0 Å². The number of hydrogen-bond acceptors (Lipinski definition) is 3. The molecule has 0 aliphatic heterocycles. The Morgan fingerprint density at radius 1 is 0.952 bits per heavy atom. The molecule has 112 valence electrons. The first kappa shape index (κ1) is 15.9. The molecule has 0 aliphatic rings. The minimum absolute atomic E-state index is 0.842. The van der Waals surface area contributed by atoms with Crippen molar-refractivity contribution in [2.45, 2.75) is 13.1 Å². The van der Waals surface area contributed by atoms with Gasteiger partial charge in [0.15, 0.2) is 0 Å². The van der Waals surface area contributed by atoms with Gasteiger partial charge in [0.1, 0.15) is 11.5 Å². The molecule has 2 rings (SSSR count). The molecule has 21 heavy (non-hydrogen) atoms. The predicted octanol–water partition coefficient (Wildman–Crippen LogP) is 4.10. The van der Waals surface area contributed by atoms with Crippen LogP contribution in [0, 0.1) is 0 Å². The van der Waals surface area contributed by atoms with E-state index < -0.39 is 0 Å². The fourth-order valence-electron chi connectivity index (χ4n) is 2.23. The summed E-state index contributed by atoms with van der Waals surface area (Å²) in [5, 5.41) is 0. The molecule has 2 aromatic rings. The smallest absolute Gasteiger partial charge is 0.119 e. The molecule has 0 saturated heterocycles. The highest BCUT2D eigenvalue weighted by Crippen LogP contribution is 2.24. The molecule has 0 fully saturated rings. The van der Waals surface area contributed by atoms with Crippen LogP contribution in [0.15, 0.2) is 46.9 Å². The van der Waals surface area contributed by atoms with E-state index in [0.29, 0.717) is 0 Å². The van der Waals surface area contributed by atoms with Crippen molar-refractivity contribution >= 4 is 15.9 Å². The summed E-state index contributed by atoms with van der Waals surface area (Å²) >= 11 is 3.59. The van der Waals surface area contributed by atoms with Crippen LogP contribution in [-0.4, -0.2) is 26.2 Å². The van der Waals surface area contributed by atoms with Crippen molar-refractivity contribution in [2.75, 3.05) is 21.3 Å². The lowest BCUT2D eigenvalue weighted by atomic mass is 10.1. The maximum atomic E-state index is 5.28. The van der Waals surface area contributed by atoms with Crippen LogP contribution in [0.4, 0.5) is 0 Å². The molecule has 0 atom stereocenters. The van der Waals surface area contributed by atoms with Crippen LogP contribution in [0.1, 0.15) is 11.1 Å². The van der Waals surface area contributed by atoms with E-state index >= 15 is 0 Å². The summed E-state index contributed by atoms with van der Waals surface area (Å²) in [4.78, 5) is 2.26. The van der Waals surface area contributed by atoms with Crippen LogP contribution >= 0.6 is 15.9 Å². The number of benzene rings is 2. The second-order valence-electron chi connectivity index (χ2n) is 4.98. The molecule has 0 aromatic heterocycles. The Morgan fingerprint density at radius 3 is 2.38 bits per heavy atom. The Bertz CT molecular complexity index is 601. The molecule has 0 N–H and O–H groups in total. The van der Waals surface area contributed by atoms with Gasteiger partial charge >= 0.3 is 0 Å². The van der Waals surface area contributed by atoms with Gasteiger partial charge in [-0.1, -0.05) is 28.1 Å². The van der Waals surface area contributed by atoms with Crippen LogP contribution < -0.4 is 9.47 Å². The van der Waals surface area contributed by atoms with Gasteiger partial charge in [-0.2, -0.15) is 0 Å². The minimum Gasteiger partial charge on any atom is -0.497 e. The van der Waals surface area contributed by atoms with E-state index in [2.05, 4.69) is 46.1 Å². The first-order valence-electron chi connectivity index (χ1n) is 6.76. The van der Waals surface area contributed by atoms with Crippen molar-refractivity contribution in [3.8, 4) is 11.5 Å². The average Bonchev–Trinajstić information content (AvgIpc) is 2.49. The van der Waals surface area contributed by atoms with Crippen molar-refractivity contribution in [2.24, 2.45) is 0 Å². The molecule has 3 nitrogen and oxygen atoms in total. The van der Waals surface area contributed by atoms with Gasteiger partial charge in [0, 0.05) is 17.6 Å². The van der Waals surface area contributed by atoms with Crippen LogP contribution in [0.5, 0.6) is 11.5 Å². The lowest BCUT2D eigenvalue weighted by molar-refractivity contribution is 0.316. The molecule has 0 heterocycles. The van der Waals surface area contributed by atoms with Crippen molar-refractivity contribution in [1.29, 1.82) is 0 Å². The lowest BCUT2D eigenvalue weighted by Gasteiger charge is -2.18.